The van der Waals surface area contributed by atoms with E-state index < -0.39 is 0 Å². The first kappa shape index (κ1) is 77.5. The predicted octanol–water partition coefficient (Wildman–Crippen LogP) is 29.3. The summed E-state index contributed by atoms with van der Waals surface area (Å²) in [4.78, 5) is 3.55. The maximum absolute atomic E-state index is 6.18. The minimum absolute atomic E-state index is 0. The summed E-state index contributed by atoms with van der Waals surface area (Å²) in [6.07, 6.45) is 2.10. The first-order valence-electron chi connectivity index (χ1n) is 38.5. The fourth-order valence-corrected chi connectivity index (χ4v) is 17.3. The summed E-state index contributed by atoms with van der Waals surface area (Å²) in [5, 5.41) is 7.62. The van der Waals surface area contributed by atoms with Gasteiger partial charge >= 0.3 is 7.12 Å². The molecule has 22 rings (SSSR count). The number of aromatic amines is 1. The fraction of sp³-hybridized carbons (Fsp3) is 0.0857. The third-order valence-corrected chi connectivity index (χ3v) is 24.4. The molecule has 3 aromatic heterocycles. The van der Waals surface area contributed by atoms with Gasteiger partial charge in [-0.1, -0.05) is 318 Å². The lowest BCUT2D eigenvalue weighted by molar-refractivity contribution is 0.00578. The zero-order valence-corrected chi connectivity index (χ0v) is 68.9. The van der Waals surface area contributed by atoms with Gasteiger partial charge < -0.3 is 23.4 Å². The number of para-hydroxylation sites is 3. The Morgan fingerprint density at radius 3 is 1.25 bits per heavy atom. The van der Waals surface area contributed by atoms with Gasteiger partial charge in [0.1, 0.15) is 0 Å². The van der Waals surface area contributed by atoms with Crippen LogP contribution in [0.25, 0.3) is 144 Å². The number of halogens is 4. The molecule has 1 saturated heterocycles. The van der Waals surface area contributed by atoms with E-state index in [2.05, 4.69) is 460 Å². The second kappa shape index (κ2) is 33.2. The third-order valence-electron chi connectivity index (χ3n) is 22.7. The molecule has 0 unspecified atom stereocenters. The van der Waals surface area contributed by atoms with Crippen molar-refractivity contribution in [2.45, 2.75) is 59.2 Å². The molecule has 2 aliphatic carbocycles. The van der Waals surface area contributed by atoms with E-state index in [9.17, 15) is 0 Å². The molecule has 0 saturated carbocycles. The molecule has 5 nitrogen and oxygen atoms in total. The molecule has 1 aliphatic heterocycles. The highest BCUT2D eigenvalue weighted by atomic mass is 127. The molecule has 115 heavy (non-hydrogen) atoms. The van der Waals surface area contributed by atoms with Crippen LogP contribution in [0.1, 0.15) is 57.4 Å². The second-order valence-corrected chi connectivity index (χ2v) is 33.3. The van der Waals surface area contributed by atoms with E-state index in [1.165, 1.54) is 174 Å². The topological polar surface area (TPSA) is 44.1 Å². The van der Waals surface area contributed by atoms with Crippen LogP contribution >= 0.6 is 54.5 Å². The van der Waals surface area contributed by atoms with Gasteiger partial charge in [-0.25, -0.2) is 0 Å². The van der Waals surface area contributed by atoms with Crippen molar-refractivity contribution in [2.75, 3.05) is 0 Å². The summed E-state index contributed by atoms with van der Waals surface area (Å²) in [5.74, 6) is 0. The number of nitrogens with zero attached hydrogens (tertiary/aromatic N) is 2. The molecular weight excluding hydrogens is 1650 g/mol. The summed E-state index contributed by atoms with van der Waals surface area (Å²) in [6.45, 7) is 8.37. The standard InChI is InChI=1S/C36H24N2.C24H16BrN.C19H21BO2.C13H9Br.C12H9I.CH4.FH/c1-2-8-24(9-3-1)25-14-18-28(19-15-25)38-35-13-7-5-11-30(35)31-20-16-27(23-36(31)38)26-17-21-34-32(22-26)29-10-4-6-12-33(29)37-34;25-19-12-15-22-21-8-4-5-9-23(21)26(24(22)16-19)20-13-10-18(11-14-20)17-6-2-1-3-7-17;1-18(2)19(3,4)22-20(21-18)15-10-9-14-11-13-7-5-6-8-16(13)17(14)12-15;14-11-5-6-13-10(8-11)7-9-3-1-2-4-12(9)13;13-12-8-6-11(7-9-12)10-4-2-1-3-5-10;;/h1-23,37H;1-16H;5-10,12H,11H2,1-4H3;1-6,8H,7H2;1-9H;1H4;1H. The molecule has 4 heterocycles. The highest BCUT2D eigenvalue weighted by Crippen LogP contribution is 2.43. The van der Waals surface area contributed by atoms with Crippen LogP contribution in [-0.2, 0) is 22.2 Å². The maximum Gasteiger partial charge on any atom is 0.494 e. The van der Waals surface area contributed by atoms with Crippen LogP contribution in [0.5, 0.6) is 0 Å². The zero-order valence-electron chi connectivity index (χ0n) is 63.5. The van der Waals surface area contributed by atoms with Gasteiger partial charge in [0.05, 0.1) is 33.3 Å². The van der Waals surface area contributed by atoms with Gasteiger partial charge in [0.25, 0.3) is 0 Å². The van der Waals surface area contributed by atoms with Gasteiger partial charge in [-0.3, -0.25) is 4.70 Å². The van der Waals surface area contributed by atoms with Crippen molar-refractivity contribution in [3.8, 4) is 78.1 Å². The number of rotatable bonds is 7. The molecule has 0 spiro atoms. The van der Waals surface area contributed by atoms with Gasteiger partial charge in [-0.05, 0) is 255 Å². The Kier molecular flexibility index (Phi) is 22.3. The molecule has 1 N–H and O–H groups in total. The van der Waals surface area contributed by atoms with Crippen molar-refractivity contribution in [1.29, 1.82) is 0 Å². The second-order valence-electron chi connectivity index (χ2n) is 30.2. The molecule has 1 fully saturated rings. The van der Waals surface area contributed by atoms with Crippen molar-refractivity contribution in [1.82, 2.24) is 14.1 Å². The van der Waals surface area contributed by atoms with Crippen molar-refractivity contribution in [3.05, 3.63) is 411 Å². The zero-order chi connectivity index (χ0) is 76.7. The quantitative estimate of drug-likeness (QED) is 0.128. The lowest BCUT2D eigenvalue weighted by Gasteiger charge is -2.32. The number of benzene rings is 16. The van der Waals surface area contributed by atoms with Gasteiger partial charge in [0.2, 0.25) is 0 Å². The van der Waals surface area contributed by atoms with E-state index >= 15 is 0 Å². The third kappa shape index (κ3) is 15.6. The molecule has 0 bridgehead atoms. The van der Waals surface area contributed by atoms with E-state index in [0.29, 0.717) is 0 Å². The van der Waals surface area contributed by atoms with Crippen LogP contribution in [-0.4, -0.2) is 32.4 Å². The van der Waals surface area contributed by atoms with E-state index in [4.69, 9.17) is 9.31 Å². The van der Waals surface area contributed by atoms with Crippen LogP contribution in [0, 0.1) is 3.57 Å². The average Bonchev–Trinajstić information content (AvgIpc) is 1.60. The van der Waals surface area contributed by atoms with Crippen molar-refractivity contribution in [2.24, 2.45) is 0 Å². The van der Waals surface area contributed by atoms with E-state index in [1.54, 1.807) is 0 Å². The largest absolute Gasteiger partial charge is 0.494 e. The Morgan fingerprint density at radius 2 is 0.687 bits per heavy atom. The first-order chi connectivity index (χ1) is 55.2. The first-order valence-corrected chi connectivity index (χ1v) is 41.2. The molecule has 0 amide bonds. The van der Waals surface area contributed by atoms with Crippen LogP contribution in [0.3, 0.4) is 0 Å². The lowest BCUT2D eigenvalue weighted by Crippen LogP contribution is -2.41. The number of aromatic nitrogens is 3. The summed E-state index contributed by atoms with van der Waals surface area (Å²) in [5.41, 5.74) is 31.1. The van der Waals surface area contributed by atoms with E-state index in [-0.39, 0.29) is 30.5 Å². The highest BCUT2D eigenvalue weighted by molar-refractivity contribution is 14.1. The molecule has 0 atom stereocenters. The Labute approximate surface area is 702 Å². The molecule has 16 aromatic carbocycles. The van der Waals surface area contributed by atoms with Gasteiger partial charge in [0.15, 0.2) is 0 Å². The summed E-state index contributed by atoms with van der Waals surface area (Å²) >= 11 is 9.45. The SMILES string of the molecule is Brc1ccc2c(c1)Cc1ccccc1-2.Brc1ccc2c3ccccc3n(-c3ccc(-c4ccccc4)cc3)c2c1.C.CC1(C)OB(c2ccc3c(c2)-c2ccccc2C3)OC1(C)C.F.Ic1ccc(-c2ccccc2)cc1.c1ccc(-c2ccc(-n3c4ccccc4c4ccc(-c5ccc6[nH]c7ccccc7c6c5)cc43)cc2)cc1. The van der Waals surface area contributed by atoms with Gasteiger partial charge in [-0.15, -0.1) is 0 Å². The minimum atomic E-state index is -0.297. The maximum atomic E-state index is 6.18. The van der Waals surface area contributed by atoms with Gasteiger partial charge in [-0.2, -0.15) is 0 Å². The lowest BCUT2D eigenvalue weighted by atomic mass is 9.77. The number of hydrogen-bond donors (Lipinski definition) is 1. The number of nitrogens with one attached hydrogen (secondary N) is 1. The summed E-state index contributed by atoms with van der Waals surface area (Å²) in [7, 11) is -0.289. The minimum Gasteiger partial charge on any atom is -0.399 e. The molecule has 10 heteroatoms. The molecule has 562 valence electrons. The normalized spacial score (nSPS) is 13.0. The van der Waals surface area contributed by atoms with Crippen LogP contribution in [0.4, 0.5) is 4.70 Å². The van der Waals surface area contributed by atoms with E-state index in [0.717, 1.165) is 22.8 Å². The Hall–Kier alpha value is -11.5. The molecule has 19 aromatic rings. The molecule has 3 aliphatic rings. The fourth-order valence-electron chi connectivity index (χ4n) is 16.2. The van der Waals surface area contributed by atoms with Crippen molar-refractivity contribution in [3.63, 3.8) is 0 Å². The molecular formula is C105H84BBr2FIN3O2. The number of H-pyrrole nitrogens is 1. The Bertz CT molecular complexity index is 6700. The van der Waals surface area contributed by atoms with E-state index in [1.807, 2.05) is 12.1 Å². The Balaban J connectivity index is 0.000000114. The van der Waals surface area contributed by atoms with Crippen molar-refractivity contribution < 1.29 is 14.0 Å². The monoisotopic (exact) mass is 1730 g/mol. The van der Waals surface area contributed by atoms with Crippen LogP contribution in [0.15, 0.2) is 385 Å². The van der Waals surface area contributed by atoms with Crippen LogP contribution < -0.4 is 5.46 Å². The predicted molar refractivity (Wildman–Crippen MR) is 502 cm³/mol. The average molecular weight is 1740 g/mol. The van der Waals surface area contributed by atoms with Crippen LogP contribution in [0.2, 0.25) is 0 Å². The smallest absolute Gasteiger partial charge is 0.399 e. The summed E-state index contributed by atoms with van der Waals surface area (Å²) in [6, 6.07) is 134. The number of fused-ring (bicyclic) bond motifs is 15. The number of hydrogen-bond acceptors (Lipinski definition) is 2. The Morgan fingerprint density at radius 1 is 0.304 bits per heavy atom. The van der Waals surface area contributed by atoms with Crippen molar-refractivity contribution >= 4 is 132 Å². The summed E-state index contributed by atoms with van der Waals surface area (Å²) < 4.78 is 20.6. The highest BCUT2D eigenvalue weighted by Gasteiger charge is 2.52. The van der Waals surface area contributed by atoms with Gasteiger partial charge in [0, 0.05) is 67.2 Å². The molecule has 0 radical (unpaired) electrons.